The second-order valence-electron chi connectivity index (χ2n) is 7.40. The minimum absolute atomic E-state index is 0.186. The average Bonchev–Trinajstić information content (AvgIpc) is 3.23. The number of nitrogens with one attached hydrogen (secondary N) is 2. The first-order valence-electron chi connectivity index (χ1n) is 9.87. The van der Waals surface area contributed by atoms with Gasteiger partial charge in [0.05, 0.1) is 21.5 Å². The molecule has 0 bridgehead atoms. The molecule has 0 aliphatic carbocycles. The van der Waals surface area contributed by atoms with Crippen molar-refractivity contribution in [1.29, 1.82) is 0 Å². The summed E-state index contributed by atoms with van der Waals surface area (Å²) in [4.78, 5) is 34.0. The van der Waals surface area contributed by atoms with Crippen LogP contribution in [0.15, 0.2) is 48.7 Å². The first-order valence-corrected chi connectivity index (χ1v) is 10.7. The number of ether oxygens (including phenoxy) is 1. The van der Waals surface area contributed by atoms with Gasteiger partial charge in [-0.05, 0) is 48.7 Å². The largest absolute Gasteiger partial charge is 0.412 e. The van der Waals surface area contributed by atoms with Gasteiger partial charge in [-0.3, -0.25) is 4.79 Å². The highest BCUT2D eigenvalue weighted by atomic mass is 32.1. The SMILES string of the molecule is CC(C)CNC(=O)Oc1cccc(C(C)NC(=O)c2ccc(-c3ccnc(N)n3)s2)c1. The van der Waals surface area contributed by atoms with E-state index in [2.05, 4.69) is 20.6 Å². The summed E-state index contributed by atoms with van der Waals surface area (Å²) in [6, 6.07) is 12.1. The number of anilines is 1. The Kier molecular flexibility index (Phi) is 7.19. The molecule has 3 aromatic rings. The van der Waals surface area contributed by atoms with Gasteiger partial charge in [0.1, 0.15) is 5.75 Å². The number of benzene rings is 1. The lowest BCUT2D eigenvalue weighted by atomic mass is 10.1. The maximum absolute atomic E-state index is 12.7. The fraction of sp³-hybridized carbons (Fsp3) is 0.273. The lowest BCUT2D eigenvalue weighted by molar-refractivity contribution is 0.0944. The number of thiophene rings is 1. The van der Waals surface area contributed by atoms with Crippen molar-refractivity contribution in [2.75, 3.05) is 12.3 Å². The van der Waals surface area contributed by atoms with Crippen LogP contribution in [0.3, 0.4) is 0 Å². The predicted molar refractivity (Wildman–Crippen MR) is 121 cm³/mol. The summed E-state index contributed by atoms with van der Waals surface area (Å²) in [6.07, 6.45) is 1.08. The normalized spacial score (nSPS) is 11.7. The van der Waals surface area contributed by atoms with Crippen molar-refractivity contribution in [2.45, 2.75) is 26.8 Å². The molecule has 1 aromatic carbocycles. The first-order chi connectivity index (χ1) is 14.8. The molecule has 0 saturated carbocycles. The summed E-state index contributed by atoms with van der Waals surface area (Å²) in [5.41, 5.74) is 7.13. The van der Waals surface area contributed by atoms with E-state index in [1.165, 1.54) is 11.3 Å². The van der Waals surface area contributed by atoms with E-state index in [1.54, 1.807) is 36.5 Å². The number of nitrogens with zero attached hydrogens (tertiary/aromatic N) is 2. The Balaban J connectivity index is 1.63. The summed E-state index contributed by atoms with van der Waals surface area (Å²) in [5.74, 6) is 0.732. The smallest absolute Gasteiger partial charge is 0.410 e. The van der Waals surface area contributed by atoms with Gasteiger partial charge in [0.15, 0.2) is 0 Å². The Hall–Kier alpha value is -3.46. The third kappa shape index (κ3) is 6.26. The van der Waals surface area contributed by atoms with Crippen molar-refractivity contribution < 1.29 is 14.3 Å². The van der Waals surface area contributed by atoms with Crippen LogP contribution in [-0.4, -0.2) is 28.5 Å². The number of amides is 2. The molecule has 1 atom stereocenters. The van der Waals surface area contributed by atoms with Gasteiger partial charge >= 0.3 is 6.09 Å². The molecule has 0 radical (unpaired) electrons. The minimum atomic E-state index is -0.501. The van der Waals surface area contributed by atoms with Crippen molar-refractivity contribution >= 4 is 29.3 Å². The number of nitrogens with two attached hydrogens (primary N) is 1. The Labute approximate surface area is 184 Å². The number of carbonyl (C=O) groups is 2. The highest BCUT2D eigenvalue weighted by molar-refractivity contribution is 7.17. The monoisotopic (exact) mass is 439 g/mol. The van der Waals surface area contributed by atoms with Crippen LogP contribution < -0.4 is 21.1 Å². The van der Waals surface area contributed by atoms with Gasteiger partial charge in [-0.1, -0.05) is 26.0 Å². The van der Waals surface area contributed by atoms with Crippen molar-refractivity contribution in [3.05, 3.63) is 59.1 Å². The number of hydrogen-bond acceptors (Lipinski definition) is 7. The van der Waals surface area contributed by atoms with E-state index in [9.17, 15) is 9.59 Å². The Morgan fingerprint density at radius 3 is 2.71 bits per heavy atom. The van der Waals surface area contributed by atoms with Crippen LogP contribution in [0, 0.1) is 5.92 Å². The van der Waals surface area contributed by atoms with Crippen LogP contribution in [0.4, 0.5) is 10.7 Å². The predicted octanol–water partition coefficient (Wildman–Crippen LogP) is 4.02. The Bertz CT molecular complexity index is 1070. The van der Waals surface area contributed by atoms with E-state index < -0.39 is 6.09 Å². The van der Waals surface area contributed by atoms with Gasteiger partial charge in [-0.2, -0.15) is 0 Å². The fourth-order valence-corrected chi connectivity index (χ4v) is 3.62. The average molecular weight is 440 g/mol. The molecule has 9 heteroatoms. The molecule has 0 spiro atoms. The molecule has 3 rings (SSSR count). The standard InChI is InChI=1S/C22H25N5O3S/c1-13(2)12-25-22(29)30-16-6-4-5-15(11-16)14(3)26-20(28)19-8-7-18(31-19)17-9-10-24-21(23)27-17/h4-11,13-14H,12H2,1-3H3,(H,25,29)(H,26,28)(H2,23,24,27). The van der Waals surface area contributed by atoms with Gasteiger partial charge in [-0.25, -0.2) is 14.8 Å². The summed E-state index contributed by atoms with van der Waals surface area (Å²) >= 11 is 1.32. The topological polar surface area (TPSA) is 119 Å². The summed E-state index contributed by atoms with van der Waals surface area (Å²) < 4.78 is 5.32. The van der Waals surface area contributed by atoms with E-state index in [4.69, 9.17) is 10.5 Å². The number of aromatic nitrogens is 2. The molecule has 0 aliphatic heterocycles. The molecule has 1 unspecified atom stereocenters. The maximum Gasteiger partial charge on any atom is 0.412 e. The lowest BCUT2D eigenvalue weighted by Gasteiger charge is -2.15. The number of rotatable bonds is 7. The van der Waals surface area contributed by atoms with Crippen LogP contribution in [0.5, 0.6) is 5.75 Å². The van der Waals surface area contributed by atoms with Gasteiger partial charge in [-0.15, -0.1) is 11.3 Å². The summed E-state index contributed by atoms with van der Waals surface area (Å²) in [6.45, 7) is 6.42. The molecule has 0 aliphatic rings. The summed E-state index contributed by atoms with van der Waals surface area (Å²) in [5, 5.41) is 5.67. The maximum atomic E-state index is 12.7. The second-order valence-corrected chi connectivity index (χ2v) is 8.48. The van der Waals surface area contributed by atoms with Crippen molar-refractivity contribution in [3.8, 4) is 16.3 Å². The molecule has 8 nitrogen and oxygen atoms in total. The van der Waals surface area contributed by atoms with Crippen molar-refractivity contribution in [1.82, 2.24) is 20.6 Å². The molecule has 2 amide bonds. The molecular formula is C22H25N5O3S. The van der Waals surface area contributed by atoms with Gasteiger partial charge in [0.25, 0.3) is 5.91 Å². The molecule has 0 saturated heterocycles. The highest BCUT2D eigenvalue weighted by Crippen LogP contribution is 2.27. The number of carbonyl (C=O) groups excluding carboxylic acids is 2. The van der Waals surface area contributed by atoms with E-state index in [-0.39, 0.29) is 17.9 Å². The van der Waals surface area contributed by atoms with Crippen molar-refractivity contribution in [3.63, 3.8) is 0 Å². The minimum Gasteiger partial charge on any atom is -0.410 e. The molecule has 2 heterocycles. The van der Waals surface area contributed by atoms with E-state index in [0.717, 1.165) is 10.4 Å². The highest BCUT2D eigenvalue weighted by Gasteiger charge is 2.16. The molecule has 4 N–H and O–H groups in total. The van der Waals surface area contributed by atoms with Crippen LogP contribution in [0.25, 0.3) is 10.6 Å². The van der Waals surface area contributed by atoms with Gasteiger partial charge in [0, 0.05) is 12.7 Å². The van der Waals surface area contributed by atoms with Gasteiger partial charge < -0.3 is 21.1 Å². The zero-order valence-electron chi connectivity index (χ0n) is 17.6. The zero-order valence-corrected chi connectivity index (χ0v) is 18.4. The van der Waals surface area contributed by atoms with Crippen molar-refractivity contribution in [2.24, 2.45) is 5.92 Å². The number of nitrogen functional groups attached to an aromatic ring is 1. The van der Waals surface area contributed by atoms with E-state index >= 15 is 0 Å². The molecule has 0 fully saturated rings. The first kappa shape index (κ1) is 22.2. The zero-order chi connectivity index (χ0) is 22.4. The lowest BCUT2D eigenvalue weighted by Crippen LogP contribution is -2.30. The fourth-order valence-electron chi connectivity index (χ4n) is 2.74. The Morgan fingerprint density at radius 1 is 1.16 bits per heavy atom. The molecular weight excluding hydrogens is 414 g/mol. The quantitative estimate of drug-likeness (QED) is 0.511. The third-order valence-electron chi connectivity index (χ3n) is 4.33. The van der Waals surface area contributed by atoms with Crippen LogP contribution >= 0.6 is 11.3 Å². The van der Waals surface area contributed by atoms with Crippen LogP contribution in [-0.2, 0) is 0 Å². The summed E-state index contributed by atoms with van der Waals surface area (Å²) in [7, 11) is 0. The Morgan fingerprint density at radius 2 is 1.97 bits per heavy atom. The molecule has 2 aromatic heterocycles. The third-order valence-corrected chi connectivity index (χ3v) is 5.43. The van der Waals surface area contributed by atoms with E-state index in [0.29, 0.717) is 28.8 Å². The molecule has 162 valence electrons. The van der Waals surface area contributed by atoms with E-state index in [1.807, 2.05) is 32.9 Å². The van der Waals surface area contributed by atoms with Gasteiger partial charge in [0.2, 0.25) is 5.95 Å². The second kappa shape index (κ2) is 10.0. The van der Waals surface area contributed by atoms with Crippen LogP contribution in [0.2, 0.25) is 0 Å². The number of hydrogen-bond donors (Lipinski definition) is 3. The molecule has 31 heavy (non-hydrogen) atoms. The van der Waals surface area contributed by atoms with Crippen LogP contribution in [0.1, 0.15) is 42.0 Å².